The van der Waals surface area contributed by atoms with Gasteiger partial charge in [-0.1, -0.05) is 25.1 Å². The molecule has 3 N–H and O–H groups in total. The van der Waals surface area contributed by atoms with Gasteiger partial charge in [-0.15, -0.1) is 0 Å². The minimum atomic E-state index is -0.0823. The molecule has 0 saturated carbocycles. The second-order valence-corrected chi connectivity index (χ2v) is 4.68. The number of fused-ring (bicyclic) bond motifs is 1. The number of nitrogen functional groups attached to an aromatic ring is 1. The lowest BCUT2D eigenvalue weighted by Gasteiger charge is -2.17. The van der Waals surface area contributed by atoms with Gasteiger partial charge in [-0.2, -0.15) is 0 Å². The van der Waals surface area contributed by atoms with Gasteiger partial charge in [0.25, 0.3) is 0 Å². The number of aromatic nitrogens is 1. The molecule has 1 aromatic carbocycles. The zero-order chi connectivity index (χ0) is 13.9. The molecule has 2 heterocycles. The number of rotatable bonds is 4. The van der Waals surface area contributed by atoms with E-state index in [0.29, 0.717) is 5.69 Å². The zero-order valence-electron chi connectivity index (χ0n) is 11.3. The maximum absolute atomic E-state index is 6.06. The molecule has 4 nitrogen and oxygen atoms in total. The van der Waals surface area contributed by atoms with E-state index in [2.05, 4.69) is 23.3 Å². The molecular formula is C16H17N3O. The van der Waals surface area contributed by atoms with E-state index in [1.165, 1.54) is 0 Å². The Bertz CT molecular complexity index is 687. The molecule has 0 amide bonds. The maximum Gasteiger partial charge on any atom is 0.134 e. The molecule has 1 unspecified atom stereocenters. The van der Waals surface area contributed by atoms with Crippen LogP contribution in [-0.2, 0) is 0 Å². The van der Waals surface area contributed by atoms with Crippen LogP contribution in [0, 0.1) is 0 Å². The molecule has 0 bridgehead atoms. The third-order valence-electron chi connectivity index (χ3n) is 3.34. The molecule has 0 aliphatic rings. The van der Waals surface area contributed by atoms with Gasteiger partial charge in [-0.3, -0.25) is 4.98 Å². The number of pyridine rings is 1. The van der Waals surface area contributed by atoms with E-state index in [9.17, 15) is 0 Å². The first-order valence-electron chi connectivity index (χ1n) is 6.71. The van der Waals surface area contributed by atoms with Crippen molar-refractivity contribution >= 4 is 16.7 Å². The predicted molar refractivity (Wildman–Crippen MR) is 80.4 cm³/mol. The fraction of sp³-hybridized carbons (Fsp3) is 0.188. The van der Waals surface area contributed by atoms with E-state index >= 15 is 0 Å². The van der Waals surface area contributed by atoms with Gasteiger partial charge in [-0.25, -0.2) is 0 Å². The highest BCUT2D eigenvalue weighted by atomic mass is 16.3. The van der Waals surface area contributed by atoms with E-state index in [1.54, 1.807) is 12.4 Å². The number of benzene rings is 1. The van der Waals surface area contributed by atoms with Crippen molar-refractivity contribution in [2.24, 2.45) is 0 Å². The summed E-state index contributed by atoms with van der Waals surface area (Å²) in [6.45, 7) is 2.87. The van der Waals surface area contributed by atoms with Crippen LogP contribution in [0.15, 0.2) is 53.2 Å². The van der Waals surface area contributed by atoms with E-state index < -0.39 is 0 Å². The van der Waals surface area contributed by atoms with Gasteiger partial charge in [0.1, 0.15) is 11.3 Å². The van der Waals surface area contributed by atoms with E-state index in [4.69, 9.17) is 10.2 Å². The van der Waals surface area contributed by atoms with Crippen LogP contribution in [0.5, 0.6) is 0 Å². The normalized spacial score (nSPS) is 12.7. The Hall–Kier alpha value is -2.33. The Labute approximate surface area is 117 Å². The Morgan fingerprint density at radius 3 is 2.90 bits per heavy atom. The van der Waals surface area contributed by atoms with Crippen molar-refractivity contribution in [3.05, 3.63) is 60.1 Å². The lowest BCUT2D eigenvalue weighted by Crippen LogP contribution is -2.22. The van der Waals surface area contributed by atoms with Gasteiger partial charge in [0, 0.05) is 29.0 Å². The first-order valence-corrected chi connectivity index (χ1v) is 6.71. The second-order valence-electron chi connectivity index (χ2n) is 4.68. The average molecular weight is 267 g/mol. The number of nitrogens with two attached hydrogens (primary N) is 1. The van der Waals surface area contributed by atoms with E-state index in [-0.39, 0.29) is 6.04 Å². The fourth-order valence-electron chi connectivity index (χ4n) is 2.37. The Balaban J connectivity index is 2.08. The standard InChI is InChI=1S/C16H17N3O/c1-2-19-16(12-10-18-8-7-13(12)17)15-9-11-5-3-4-6-14(11)20-15/h3-10,16,19H,2H2,1H3,(H2,17,18). The first kappa shape index (κ1) is 12.7. The number of hydrogen-bond donors (Lipinski definition) is 2. The minimum Gasteiger partial charge on any atom is -0.459 e. The third-order valence-corrected chi connectivity index (χ3v) is 3.34. The molecule has 3 aromatic rings. The van der Waals surface area contributed by atoms with Crippen LogP contribution in [0.2, 0.25) is 0 Å². The molecule has 0 fully saturated rings. The summed E-state index contributed by atoms with van der Waals surface area (Å²) in [7, 11) is 0. The van der Waals surface area contributed by atoms with Gasteiger partial charge in [0.05, 0.1) is 6.04 Å². The molecule has 20 heavy (non-hydrogen) atoms. The van der Waals surface area contributed by atoms with E-state index in [1.807, 2.05) is 30.3 Å². The van der Waals surface area contributed by atoms with Gasteiger partial charge < -0.3 is 15.5 Å². The summed E-state index contributed by atoms with van der Waals surface area (Å²) in [5.41, 5.74) is 8.60. The van der Waals surface area contributed by atoms with Crippen LogP contribution < -0.4 is 11.1 Å². The highest BCUT2D eigenvalue weighted by molar-refractivity contribution is 5.78. The van der Waals surface area contributed by atoms with Gasteiger partial charge in [0.15, 0.2) is 0 Å². The predicted octanol–water partition coefficient (Wildman–Crippen LogP) is 3.11. The summed E-state index contributed by atoms with van der Waals surface area (Å²) in [6, 6.07) is 11.8. The minimum absolute atomic E-state index is 0.0823. The number of para-hydroxylation sites is 1. The summed E-state index contributed by atoms with van der Waals surface area (Å²) >= 11 is 0. The topological polar surface area (TPSA) is 64.1 Å². The smallest absolute Gasteiger partial charge is 0.134 e. The highest BCUT2D eigenvalue weighted by Gasteiger charge is 2.19. The van der Waals surface area contributed by atoms with Gasteiger partial charge >= 0.3 is 0 Å². The molecule has 1 atom stereocenters. The summed E-state index contributed by atoms with van der Waals surface area (Å²) in [5.74, 6) is 0.854. The number of furan rings is 1. The largest absolute Gasteiger partial charge is 0.459 e. The molecule has 0 saturated heterocycles. The Morgan fingerprint density at radius 2 is 2.15 bits per heavy atom. The van der Waals surface area contributed by atoms with Crippen LogP contribution in [0.25, 0.3) is 11.0 Å². The molecule has 4 heteroatoms. The molecule has 2 aromatic heterocycles. The van der Waals surface area contributed by atoms with Crippen LogP contribution in [0.1, 0.15) is 24.3 Å². The SMILES string of the molecule is CCNC(c1cc2ccccc2o1)c1cnccc1N. The van der Waals surface area contributed by atoms with Crippen molar-refractivity contribution in [3.63, 3.8) is 0 Å². The summed E-state index contributed by atoms with van der Waals surface area (Å²) < 4.78 is 5.95. The van der Waals surface area contributed by atoms with E-state index in [0.717, 1.165) is 28.8 Å². The molecule has 0 aliphatic heterocycles. The molecule has 0 spiro atoms. The monoisotopic (exact) mass is 267 g/mol. The maximum atomic E-state index is 6.06. The van der Waals surface area contributed by atoms with Crippen molar-refractivity contribution in [1.82, 2.24) is 10.3 Å². The Kier molecular flexibility index (Phi) is 3.39. The van der Waals surface area contributed by atoms with Crippen LogP contribution >= 0.6 is 0 Å². The zero-order valence-corrected chi connectivity index (χ0v) is 11.3. The molecule has 3 rings (SSSR count). The van der Waals surface area contributed by atoms with Crippen molar-refractivity contribution in [2.75, 3.05) is 12.3 Å². The molecular weight excluding hydrogens is 250 g/mol. The van der Waals surface area contributed by atoms with Crippen molar-refractivity contribution in [3.8, 4) is 0 Å². The lowest BCUT2D eigenvalue weighted by atomic mass is 10.0. The van der Waals surface area contributed by atoms with Crippen LogP contribution in [0.4, 0.5) is 5.69 Å². The number of nitrogens with one attached hydrogen (secondary N) is 1. The molecule has 0 radical (unpaired) electrons. The Morgan fingerprint density at radius 1 is 1.30 bits per heavy atom. The lowest BCUT2D eigenvalue weighted by molar-refractivity contribution is 0.477. The summed E-state index contributed by atoms with van der Waals surface area (Å²) in [6.07, 6.45) is 3.48. The second kappa shape index (κ2) is 5.35. The number of anilines is 1. The van der Waals surface area contributed by atoms with Gasteiger partial charge in [-0.05, 0) is 24.7 Å². The highest BCUT2D eigenvalue weighted by Crippen LogP contribution is 2.30. The van der Waals surface area contributed by atoms with Crippen LogP contribution in [0.3, 0.4) is 0 Å². The fourth-order valence-corrected chi connectivity index (χ4v) is 2.37. The summed E-state index contributed by atoms with van der Waals surface area (Å²) in [4.78, 5) is 4.17. The third kappa shape index (κ3) is 2.26. The van der Waals surface area contributed by atoms with Crippen molar-refractivity contribution in [1.29, 1.82) is 0 Å². The van der Waals surface area contributed by atoms with Crippen LogP contribution in [-0.4, -0.2) is 11.5 Å². The first-order chi connectivity index (χ1) is 9.79. The number of hydrogen-bond acceptors (Lipinski definition) is 4. The quantitative estimate of drug-likeness (QED) is 0.762. The molecule has 0 aliphatic carbocycles. The molecule has 102 valence electrons. The summed E-state index contributed by atoms with van der Waals surface area (Å²) in [5, 5.41) is 4.49. The average Bonchev–Trinajstić information content (AvgIpc) is 2.89. The van der Waals surface area contributed by atoms with Crippen molar-refractivity contribution < 1.29 is 4.42 Å². The van der Waals surface area contributed by atoms with Crippen molar-refractivity contribution in [2.45, 2.75) is 13.0 Å². The van der Waals surface area contributed by atoms with Gasteiger partial charge in [0.2, 0.25) is 0 Å². The number of nitrogens with zero attached hydrogens (tertiary/aromatic N) is 1.